The maximum Gasteiger partial charge on any atom is 0.350 e. The third-order valence-electron chi connectivity index (χ3n) is 3.45. The van der Waals surface area contributed by atoms with E-state index in [-0.39, 0.29) is 5.63 Å². The topological polar surface area (TPSA) is 43.4 Å². The van der Waals surface area contributed by atoms with Crippen LogP contribution in [0.25, 0.3) is 21.9 Å². The van der Waals surface area contributed by atoms with Gasteiger partial charge in [0, 0.05) is 27.2 Å². The molecule has 0 aliphatic heterocycles. The molecule has 20 heavy (non-hydrogen) atoms. The van der Waals surface area contributed by atoms with E-state index < -0.39 is 0 Å². The molecule has 3 nitrogen and oxygen atoms in total. The van der Waals surface area contributed by atoms with Gasteiger partial charge in [-0.15, -0.1) is 0 Å². The van der Waals surface area contributed by atoms with Crippen molar-refractivity contribution in [3.63, 3.8) is 0 Å². The van der Waals surface area contributed by atoms with E-state index in [0.717, 1.165) is 33.0 Å². The van der Waals surface area contributed by atoms with Crippen LogP contribution in [0.1, 0.15) is 16.7 Å². The van der Waals surface area contributed by atoms with E-state index in [1.807, 2.05) is 19.9 Å². The SMILES string of the molecule is Cc1c(Br)c(=O)oc2c(C)c3oc(Br)c(CBr)c3cc12. The van der Waals surface area contributed by atoms with Crippen molar-refractivity contribution in [2.45, 2.75) is 19.2 Å². The number of fused-ring (bicyclic) bond motifs is 2. The van der Waals surface area contributed by atoms with Gasteiger partial charge in [0.2, 0.25) is 0 Å². The molecular weight excluding hydrogens is 456 g/mol. The standard InChI is InChI=1S/C14H9Br3O3/c1-5-7-3-8-9(4-15)13(17)19-12(8)6(2)11(7)20-14(18)10(5)16/h3H,4H2,1-2H3. The number of aryl methyl sites for hydroxylation is 2. The van der Waals surface area contributed by atoms with Gasteiger partial charge in [-0.1, -0.05) is 15.9 Å². The minimum absolute atomic E-state index is 0.371. The van der Waals surface area contributed by atoms with Crippen LogP contribution in [0.3, 0.4) is 0 Å². The van der Waals surface area contributed by atoms with Crippen molar-refractivity contribution in [1.29, 1.82) is 0 Å². The largest absolute Gasteiger partial charge is 0.449 e. The molecule has 0 radical (unpaired) electrons. The van der Waals surface area contributed by atoms with Crippen molar-refractivity contribution < 1.29 is 8.83 Å². The first-order chi connectivity index (χ1) is 9.45. The van der Waals surface area contributed by atoms with E-state index in [4.69, 9.17) is 8.83 Å². The molecule has 0 bridgehead atoms. The number of benzene rings is 1. The summed E-state index contributed by atoms with van der Waals surface area (Å²) in [5.41, 5.74) is 3.70. The van der Waals surface area contributed by atoms with E-state index >= 15 is 0 Å². The second-order valence-electron chi connectivity index (χ2n) is 4.57. The van der Waals surface area contributed by atoms with Gasteiger partial charge < -0.3 is 8.83 Å². The summed E-state index contributed by atoms with van der Waals surface area (Å²) in [6.45, 7) is 3.80. The lowest BCUT2D eigenvalue weighted by molar-refractivity contribution is 0.548. The Labute approximate surface area is 139 Å². The number of halogens is 3. The molecule has 0 aliphatic rings. The predicted molar refractivity (Wildman–Crippen MR) is 89.8 cm³/mol. The minimum atomic E-state index is -0.371. The monoisotopic (exact) mass is 462 g/mol. The average molecular weight is 465 g/mol. The number of hydrogen-bond acceptors (Lipinski definition) is 3. The highest BCUT2D eigenvalue weighted by molar-refractivity contribution is 9.11. The minimum Gasteiger partial charge on any atom is -0.449 e. The lowest BCUT2D eigenvalue weighted by Gasteiger charge is -2.06. The highest BCUT2D eigenvalue weighted by atomic mass is 79.9. The third kappa shape index (κ3) is 1.92. The van der Waals surface area contributed by atoms with Crippen LogP contribution in [0.5, 0.6) is 0 Å². The number of hydrogen-bond donors (Lipinski definition) is 0. The maximum atomic E-state index is 11.8. The lowest BCUT2D eigenvalue weighted by atomic mass is 10.0. The van der Waals surface area contributed by atoms with Gasteiger partial charge in [0.15, 0.2) is 4.67 Å². The van der Waals surface area contributed by atoms with Gasteiger partial charge in [-0.05, 0) is 57.3 Å². The average Bonchev–Trinajstić information content (AvgIpc) is 2.74. The van der Waals surface area contributed by atoms with Gasteiger partial charge in [0.25, 0.3) is 0 Å². The summed E-state index contributed by atoms with van der Waals surface area (Å²) in [6.07, 6.45) is 0. The third-order valence-corrected chi connectivity index (χ3v) is 5.57. The number of furan rings is 1. The van der Waals surface area contributed by atoms with Crippen LogP contribution in [-0.4, -0.2) is 0 Å². The summed E-state index contributed by atoms with van der Waals surface area (Å²) in [4.78, 5) is 11.8. The van der Waals surface area contributed by atoms with E-state index in [1.165, 1.54) is 0 Å². The lowest BCUT2D eigenvalue weighted by Crippen LogP contribution is -2.03. The Bertz CT molecular complexity index is 906. The molecule has 104 valence electrons. The van der Waals surface area contributed by atoms with Crippen LogP contribution in [-0.2, 0) is 5.33 Å². The molecule has 3 aromatic rings. The quantitative estimate of drug-likeness (QED) is 0.349. The summed E-state index contributed by atoms with van der Waals surface area (Å²) in [6, 6.07) is 2.01. The summed E-state index contributed by atoms with van der Waals surface area (Å²) in [5, 5.41) is 2.61. The Kier molecular flexibility index (Phi) is 3.59. The zero-order valence-electron chi connectivity index (χ0n) is 10.6. The first kappa shape index (κ1) is 14.4. The second kappa shape index (κ2) is 5.00. The fourth-order valence-electron chi connectivity index (χ4n) is 2.34. The molecular formula is C14H9Br3O3. The Balaban J connectivity index is 2.61. The first-order valence-electron chi connectivity index (χ1n) is 5.85. The van der Waals surface area contributed by atoms with Gasteiger partial charge in [0.1, 0.15) is 15.6 Å². The summed E-state index contributed by atoms with van der Waals surface area (Å²) in [5.74, 6) is 0. The molecule has 2 heterocycles. The maximum absolute atomic E-state index is 11.8. The van der Waals surface area contributed by atoms with Crippen molar-refractivity contribution in [3.8, 4) is 0 Å². The van der Waals surface area contributed by atoms with Crippen LogP contribution in [0.4, 0.5) is 0 Å². The molecule has 0 spiro atoms. The van der Waals surface area contributed by atoms with Crippen LogP contribution in [0, 0.1) is 13.8 Å². The second-order valence-corrected chi connectivity index (χ2v) is 6.65. The Morgan fingerprint density at radius 2 is 1.70 bits per heavy atom. The molecule has 0 aliphatic carbocycles. The van der Waals surface area contributed by atoms with Gasteiger partial charge in [0.05, 0.1) is 0 Å². The summed E-state index contributed by atoms with van der Waals surface area (Å²) >= 11 is 10.2. The first-order valence-corrected chi connectivity index (χ1v) is 8.55. The van der Waals surface area contributed by atoms with Gasteiger partial charge in [-0.25, -0.2) is 4.79 Å². The fourth-order valence-corrected chi connectivity index (χ4v) is 4.08. The van der Waals surface area contributed by atoms with Crippen LogP contribution < -0.4 is 5.63 Å². The molecule has 0 saturated carbocycles. The van der Waals surface area contributed by atoms with Crippen LogP contribution >= 0.6 is 47.8 Å². The zero-order chi connectivity index (χ0) is 14.6. The highest BCUT2D eigenvalue weighted by Crippen LogP contribution is 2.38. The van der Waals surface area contributed by atoms with E-state index in [1.54, 1.807) is 0 Å². The van der Waals surface area contributed by atoms with E-state index in [9.17, 15) is 4.79 Å². The van der Waals surface area contributed by atoms with E-state index in [2.05, 4.69) is 47.8 Å². The smallest absolute Gasteiger partial charge is 0.350 e. The molecule has 2 aromatic heterocycles. The van der Waals surface area contributed by atoms with Crippen molar-refractivity contribution in [2.24, 2.45) is 0 Å². The highest BCUT2D eigenvalue weighted by Gasteiger charge is 2.19. The molecule has 0 saturated heterocycles. The molecule has 0 N–H and O–H groups in total. The van der Waals surface area contributed by atoms with Gasteiger partial charge in [-0.3, -0.25) is 0 Å². The summed E-state index contributed by atoms with van der Waals surface area (Å²) < 4.78 is 12.3. The fraction of sp³-hybridized carbons (Fsp3) is 0.214. The normalized spacial score (nSPS) is 11.7. The van der Waals surface area contributed by atoms with Gasteiger partial charge in [-0.2, -0.15) is 0 Å². The number of rotatable bonds is 1. The van der Waals surface area contributed by atoms with Gasteiger partial charge >= 0.3 is 5.63 Å². The summed E-state index contributed by atoms with van der Waals surface area (Å²) in [7, 11) is 0. The van der Waals surface area contributed by atoms with Crippen molar-refractivity contribution >= 4 is 69.7 Å². The van der Waals surface area contributed by atoms with Crippen molar-refractivity contribution in [3.05, 3.63) is 42.3 Å². The Morgan fingerprint density at radius 1 is 1.05 bits per heavy atom. The molecule has 0 unspecified atom stereocenters. The molecule has 3 rings (SSSR count). The van der Waals surface area contributed by atoms with E-state index in [0.29, 0.717) is 20.1 Å². The van der Waals surface area contributed by atoms with Crippen LogP contribution in [0.2, 0.25) is 0 Å². The Hall–Kier alpha value is -0.590. The van der Waals surface area contributed by atoms with Crippen molar-refractivity contribution in [1.82, 2.24) is 0 Å². The van der Waals surface area contributed by atoms with Crippen LogP contribution in [0.15, 0.2) is 28.8 Å². The molecule has 0 atom stereocenters. The number of alkyl halides is 1. The molecule has 1 aromatic carbocycles. The Morgan fingerprint density at radius 3 is 2.35 bits per heavy atom. The zero-order valence-corrected chi connectivity index (χ0v) is 15.4. The molecule has 0 fully saturated rings. The predicted octanol–water partition coefficient (Wildman–Crippen LogP) is 5.58. The van der Waals surface area contributed by atoms with Crippen molar-refractivity contribution in [2.75, 3.05) is 0 Å². The molecule has 6 heteroatoms. The molecule has 0 amide bonds.